The third-order valence-electron chi connectivity index (χ3n) is 2.39. The number of thiophene rings is 1. The molecule has 0 aliphatic heterocycles. The van der Waals surface area contributed by atoms with Crippen LogP contribution in [0.2, 0.25) is 15.3 Å². The van der Waals surface area contributed by atoms with Crippen LogP contribution in [0.4, 0.5) is 0 Å². The van der Waals surface area contributed by atoms with Gasteiger partial charge in [-0.15, -0.1) is 11.3 Å². The molecule has 0 aliphatic rings. The standard InChI is InChI=1S/C12H5Cl3N2OS/c13-7-2-1-3-8(9(7)14)18-10-6-4-5-19-11(6)17-12(15)16-10/h1-5H. The first-order chi connectivity index (χ1) is 9.15. The Labute approximate surface area is 127 Å². The van der Waals surface area contributed by atoms with Crippen molar-refractivity contribution in [3.05, 3.63) is 45.0 Å². The monoisotopic (exact) mass is 330 g/mol. The Morgan fingerprint density at radius 2 is 1.89 bits per heavy atom. The van der Waals surface area contributed by atoms with E-state index in [9.17, 15) is 0 Å². The lowest BCUT2D eigenvalue weighted by Crippen LogP contribution is -1.92. The second kappa shape index (κ2) is 5.13. The molecule has 19 heavy (non-hydrogen) atoms. The minimum atomic E-state index is 0.128. The summed E-state index contributed by atoms with van der Waals surface area (Å²) in [4.78, 5) is 8.95. The van der Waals surface area contributed by atoms with Crippen LogP contribution in [0.3, 0.4) is 0 Å². The van der Waals surface area contributed by atoms with Crippen LogP contribution in [0.5, 0.6) is 11.6 Å². The molecule has 2 aromatic heterocycles. The van der Waals surface area contributed by atoms with Gasteiger partial charge in [0.25, 0.3) is 0 Å². The molecule has 0 radical (unpaired) electrons. The van der Waals surface area contributed by atoms with Crippen molar-refractivity contribution in [2.75, 3.05) is 0 Å². The molecule has 0 unspecified atom stereocenters. The summed E-state index contributed by atoms with van der Waals surface area (Å²) >= 11 is 19.3. The van der Waals surface area contributed by atoms with Gasteiger partial charge in [0.05, 0.1) is 10.4 Å². The molecule has 0 fully saturated rings. The molecule has 0 atom stereocenters. The highest BCUT2D eigenvalue weighted by Crippen LogP contribution is 2.37. The van der Waals surface area contributed by atoms with Crippen LogP contribution in [0.15, 0.2) is 29.6 Å². The van der Waals surface area contributed by atoms with Gasteiger partial charge < -0.3 is 4.74 Å². The van der Waals surface area contributed by atoms with Crippen LogP contribution in [-0.4, -0.2) is 9.97 Å². The molecule has 7 heteroatoms. The van der Waals surface area contributed by atoms with Crippen LogP contribution < -0.4 is 4.74 Å². The Kier molecular flexibility index (Phi) is 3.50. The number of ether oxygens (including phenoxy) is 1. The zero-order valence-corrected chi connectivity index (χ0v) is 12.3. The zero-order chi connectivity index (χ0) is 13.4. The van der Waals surface area contributed by atoms with E-state index in [1.165, 1.54) is 11.3 Å². The second-order valence-corrected chi connectivity index (χ2v) is 5.61. The Hall–Kier alpha value is -1.07. The van der Waals surface area contributed by atoms with Crippen molar-refractivity contribution in [1.29, 1.82) is 0 Å². The quantitative estimate of drug-likeness (QED) is 0.586. The van der Waals surface area contributed by atoms with E-state index in [1.807, 2.05) is 11.4 Å². The topological polar surface area (TPSA) is 35.0 Å². The first kappa shape index (κ1) is 12.9. The molecular weight excluding hydrogens is 327 g/mol. The van der Waals surface area contributed by atoms with Crippen LogP contribution in [-0.2, 0) is 0 Å². The van der Waals surface area contributed by atoms with Gasteiger partial charge in [0.2, 0.25) is 11.2 Å². The SMILES string of the molecule is Clc1nc(Oc2cccc(Cl)c2Cl)c2ccsc2n1. The number of nitrogens with zero attached hydrogens (tertiary/aromatic N) is 2. The van der Waals surface area contributed by atoms with Crippen molar-refractivity contribution in [2.45, 2.75) is 0 Å². The van der Waals surface area contributed by atoms with Gasteiger partial charge in [-0.2, -0.15) is 4.98 Å². The van der Waals surface area contributed by atoms with Crippen LogP contribution in [0.1, 0.15) is 0 Å². The molecule has 1 aromatic carbocycles. The first-order valence-electron chi connectivity index (χ1n) is 5.18. The minimum absolute atomic E-state index is 0.128. The van der Waals surface area contributed by atoms with Crippen molar-refractivity contribution >= 4 is 56.4 Å². The van der Waals surface area contributed by atoms with Gasteiger partial charge in [0, 0.05) is 0 Å². The van der Waals surface area contributed by atoms with E-state index in [-0.39, 0.29) is 5.28 Å². The molecular formula is C12H5Cl3N2OS. The Morgan fingerprint density at radius 1 is 1.05 bits per heavy atom. The molecule has 0 saturated carbocycles. The van der Waals surface area contributed by atoms with Gasteiger partial charge >= 0.3 is 0 Å². The highest BCUT2D eigenvalue weighted by Gasteiger charge is 2.12. The molecule has 3 aromatic rings. The summed E-state index contributed by atoms with van der Waals surface area (Å²) in [6.07, 6.45) is 0. The summed E-state index contributed by atoms with van der Waals surface area (Å²) in [6.45, 7) is 0. The van der Waals surface area contributed by atoms with Crippen molar-refractivity contribution < 1.29 is 4.74 Å². The molecule has 0 saturated heterocycles. The zero-order valence-electron chi connectivity index (χ0n) is 9.23. The van der Waals surface area contributed by atoms with Gasteiger partial charge in [-0.1, -0.05) is 29.3 Å². The maximum Gasteiger partial charge on any atom is 0.232 e. The Morgan fingerprint density at radius 3 is 2.74 bits per heavy atom. The highest BCUT2D eigenvalue weighted by molar-refractivity contribution is 7.16. The third kappa shape index (κ3) is 2.49. The largest absolute Gasteiger partial charge is 0.437 e. The van der Waals surface area contributed by atoms with Crippen LogP contribution in [0, 0.1) is 0 Å². The molecule has 96 valence electrons. The molecule has 2 heterocycles. The third-order valence-corrected chi connectivity index (χ3v) is 4.16. The lowest BCUT2D eigenvalue weighted by atomic mass is 10.3. The number of benzene rings is 1. The molecule has 0 bridgehead atoms. The average molecular weight is 332 g/mol. The number of fused-ring (bicyclic) bond motifs is 1. The summed E-state index contributed by atoms with van der Waals surface area (Å²) in [5.74, 6) is 0.789. The number of hydrogen-bond donors (Lipinski definition) is 0. The molecule has 0 spiro atoms. The summed E-state index contributed by atoms with van der Waals surface area (Å²) in [5, 5.41) is 3.55. The fourth-order valence-electron chi connectivity index (χ4n) is 1.55. The van der Waals surface area contributed by atoms with Gasteiger partial charge in [-0.3, -0.25) is 0 Å². The smallest absolute Gasteiger partial charge is 0.232 e. The van der Waals surface area contributed by atoms with E-state index in [2.05, 4.69) is 9.97 Å². The average Bonchev–Trinajstić information content (AvgIpc) is 2.83. The van der Waals surface area contributed by atoms with E-state index in [0.717, 1.165) is 10.2 Å². The van der Waals surface area contributed by atoms with Gasteiger partial charge in [0.15, 0.2) is 0 Å². The van der Waals surface area contributed by atoms with Crippen molar-refractivity contribution in [2.24, 2.45) is 0 Å². The molecule has 3 rings (SSSR count). The maximum atomic E-state index is 6.08. The normalized spacial score (nSPS) is 10.9. The van der Waals surface area contributed by atoms with E-state index in [1.54, 1.807) is 18.2 Å². The lowest BCUT2D eigenvalue weighted by Gasteiger charge is -2.08. The summed E-state index contributed by atoms with van der Waals surface area (Å²) < 4.78 is 5.70. The number of hydrogen-bond acceptors (Lipinski definition) is 4. The van der Waals surface area contributed by atoms with Crippen LogP contribution >= 0.6 is 46.1 Å². The van der Waals surface area contributed by atoms with Crippen molar-refractivity contribution in [1.82, 2.24) is 9.97 Å². The van der Waals surface area contributed by atoms with Crippen molar-refractivity contribution in [3.63, 3.8) is 0 Å². The molecule has 3 nitrogen and oxygen atoms in total. The van der Waals surface area contributed by atoms with E-state index in [0.29, 0.717) is 21.7 Å². The molecule has 0 N–H and O–H groups in total. The summed E-state index contributed by atoms with van der Waals surface area (Å²) in [5.41, 5.74) is 0. The van der Waals surface area contributed by atoms with E-state index in [4.69, 9.17) is 39.5 Å². The predicted octanol–water partition coefficient (Wildman–Crippen LogP) is 5.44. The number of aromatic nitrogens is 2. The van der Waals surface area contributed by atoms with Crippen molar-refractivity contribution in [3.8, 4) is 11.6 Å². The second-order valence-electron chi connectivity index (χ2n) is 3.59. The maximum absolute atomic E-state index is 6.08. The van der Waals surface area contributed by atoms with E-state index >= 15 is 0 Å². The fourth-order valence-corrected chi connectivity index (χ4v) is 2.84. The van der Waals surface area contributed by atoms with Crippen LogP contribution in [0.25, 0.3) is 10.2 Å². The number of rotatable bonds is 2. The Bertz CT molecular complexity index is 760. The van der Waals surface area contributed by atoms with Gasteiger partial charge in [0.1, 0.15) is 15.6 Å². The predicted molar refractivity (Wildman–Crippen MR) is 79.0 cm³/mol. The first-order valence-corrected chi connectivity index (χ1v) is 7.19. The Balaban J connectivity index is 2.10. The van der Waals surface area contributed by atoms with E-state index < -0.39 is 0 Å². The molecule has 0 amide bonds. The van der Waals surface area contributed by atoms with Gasteiger partial charge in [-0.05, 0) is 35.2 Å². The summed E-state index contributed by atoms with van der Waals surface area (Å²) in [6, 6.07) is 7.01. The highest BCUT2D eigenvalue weighted by atomic mass is 35.5. The molecule has 0 aliphatic carbocycles. The van der Waals surface area contributed by atoms with Gasteiger partial charge in [-0.25, -0.2) is 4.98 Å². The fraction of sp³-hybridized carbons (Fsp3) is 0. The summed E-state index contributed by atoms with van der Waals surface area (Å²) in [7, 11) is 0. The lowest BCUT2D eigenvalue weighted by molar-refractivity contribution is 0.469. The number of halogens is 3. The minimum Gasteiger partial charge on any atom is -0.437 e.